The topological polar surface area (TPSA) is 63.7 Å². The second-order valence-electron chi connectivity index (χ2n) is 4.91. The zero-order chi connectivity index (χ0) is 16.7. The fourth-order valence-electron chi connectivity index (χ4n) is 2.04. The van der Waals surface area contributed by atoms with Crippen LogP contribution in [0.15, 0.2) is 47.6 Å². The minimum absolute atomic E-state index is 0. The Kier molecular flexibility index (Phi) is 8.45. The van der Waals surface area contributed by atoms with E-state index in [9.17, 15) is 4.39 Å². The van der Waals surface area contributed by atoms with Crippen molar-refractivity contribution in [3.63, 3.8) is 0 Å². The monoisotopic (exact) mass is 444 g/mol. The lowest BCUT2D eigenvalue weighted by Gasteiger charge is -2.19. The van der Waals surface area contributed by atoms with Gasteiger partial charge in [0.2, 0.25) is 5.88 Å². The lowest BCUT2D eigenvalue weighted by atomic mass is 10.3. The number of guanidine groups is 1. The molecule has 7 heteroatoms. The molecule has 0 amide bonds. The molecule has 0 saturated heterocycles. The van der Waals surface area contributed by atoms with Crippen LogP contribution in [0.25, 0.3) is 0 Å². The van der Waals surface area contributed by atoms with Gasteiger partial charge in [-0.05, 0) is 31.5 Å². The van der Waals surface area contributed by atoms with E-state index in [1.807, 2.05) is 24.8 Å². The van der Waals surface area contributed by atoms with Gasteiger partial charge < -0.3 is 15.4 Å². The molecule has 0 fully saturated rings. The van der Waals surface area contributed by atoms with Crippen LogP contribution in [0.2, 0.25) is 0 Å². The van der Waals surface area contributed by atoms with Crippen molar-refractivity contribution < 1.29 is 9.13 Å². The Morgan fingerprint density at radius 1 is 1.25 bits per heavy atom. The molecule has 1 aromatic carbocycles. The lowest BCUT2D eigenvalue weighted by Crippen LogP contribution is -2.37. The average Bonchev–Trinajstić information content (AvgIpc) is 2.55. The van der Waals surface area contributed by atoms with Crippen molar-refractivity contribution in [1.82, 2.24) is 9.88 Å². The van der Waals surface area contributed by atoms with E-state index in [1.165, 1.54) is 12.1 Å². The molecule has 1 aromatic heterocycles. The van der Waals surface area contributed by atoms with Gasteiger partial charge in [0.1, 0.15) is 11.6 Å². The van der Waals surface area contributed by atoms with Crippen LogP contribution < -0.4 is 10.5 Å². The van der Waals surface area contributed by atoms with Crippen LogP contribution in [-0.4, -0.2) is 28.9 Å². The number of pyridine rings is 1. The fraction of sp³-hybridized carbons (Fsp3) is 0.294. The van der Waals surface area contributed by atoms with E-state index in [1.54, 1.807) is 24.4 Å². The summed E-state index contributed by atoms with van der Waals surface area (Å²) in [6, 6.07) is 9.52. The maximum atomic E-state index is 13.1. The SMILES string of the molecule is CCN(CC)C(N)=NCc1ccc(Oc2cccc(F)c2)nc1.I. The largest absolute Gasteiger partial charge is 0.439 e. The van der Waals surface area contributed by atoms with Crippen LogP contribution in [0, 0.1) is 5.82 Å². The number of nitrogens with zero attached hydrogens (tertiary/aromatic N) is 3. The predicted molar refractivity (Wildman–Crippen MR) is 104 cm³/mol. The Bertz CT molecular complexity index is 660. The van der Waals surface area contributed by atoms with Gasteiger partial charge in [-0.15, -0.1) is 24.0 Å². The first-order valence-electron chi connectivity index (χ1n) is 7.55. The Hall–Kier alpha value is -1.90. The second kappa shape index (κ2) is 10.1. The van der Waals surface area contributed by atoms with E-state index in [4.69, 9.17) is 10.5 Å². The molecule has 0 aliphatic heterocycles. The Morgan fingerprint density at radius 3 is 2.58 bits per heavy atom. The minimum Gasteiger partial charge on any atom is -0.439 e. The molecule has 0 atom stereocenters. The number of aromatic nitrogens is 1. The molecule has 0 bridgehead atoms. The highest BCUT2D eigenvalue weighted by Crippen LogP contribution is 2.20. The smallest absolute Gasteiger partial charge is 0.219 e. The van der Waals surface area contributed by atoms with Crippen LogP contribution >= 0.6 is 24.0 Å². The number of ether oxygens (including phenoxy) is 1. The zero-order valence-electron chi connectivity index (χ0n) is 13.8. The number of rotatable bonds is 6. The molecule has 2 N–H and O–H groups in total. The first-order chi connectivity index (χ1) is 11.1. The molecule has 24 heavy (non-hydrogen) atoms. The maximum absolute atomic E-state index is 13.1. The van der Waals surface area contributed by atoms with Crippen molar-refractivity contribution in [1.29, 1.82) is 0 Å². The number of halogens is 2. The molecule has 2 aromatic rings. The van der Waals surface area contributed by atoms with Gasteiger partial charge in [-0.2, -0.15) is 0 Å². The van der Waals surface area contributed by atoms with Crippen LogP contribution in [0.3, 0.4) is 0 Å². The highest BCUT2D eigenvalue weighted by molar-refractivity contribution is 14.0. The molecule has 0 saturated carbocycles. The summed E-state index contributed by atoms with van der Waals surface area (Å²) in [5, 5.41) is 0. The summed E-state index contributed by atoms with van der Waals surface area (Å²) in [5.41, 5.74) is 6.85. The number of aliphatic imine (C=N–C) groups is 1. The zero-order valence-corrected chi connectivity index (χ0v) is 16.1. The number of benzene rings is 1. The Labute approximate surface area is 158 Å². The molecule has 0 radical (unpaired) electrons. The summed E-state index contributed by atoms with van der Waals surface area (Å²) in [6.45, 7) is 6.17. The van der Waals surface area contributed by atoms with Gasteiger partial charge in [0, 0.05) is 31.4 Å². The molecule has 5 nitrogen and oxygen atoms in total. The summed E-state index contributed by atoms with van der Waals surface area (Å²) in [7, 11) is 0. The summed E-state index contributed by atoms with van der Waals surface area (Å²) < 4.78 is 18.6. The van der Waals surface area contributed by atoms with E-state index in [0.717, 1.165) is 18.7 Å². The van der Waals surface area contributed by atoms with E-state index >= 15 is 0 Å². The van der Waals surface area contributed by atoms with Crippen LogP contribution in [0.5, 0.6) is 11.6 Å². The molecule has 2 rings (SSSR count). The lowest BCUT2D eigenvalue weighted by molar-refractivity contribution is 0.456. The van der Waals surface area contributed by atoms with Crippen LogP contribution in [0.4, 0.5) is 4.39 Å². The predicted octanol–water partition coefficient (Wildman–Crippen LogP) is 3.79. The third kappa shape index (κ3) is 5.95. The number of hydrogen-bond donors (Lipinski definition) is 1. The number of hydrogen-bond acceptors (Lipinski definition) is 3. The third-order valence-electron chi connectivity index (χ3n) is 3.33. The van der Waals surface area contributed by atoms with Gasteiger partial charge in [0.25, 0.3) is 0 Å². The van der Waals surface area contributed by atoms with Gasteiger partial charge in [0.05, 0.1) is 6.54 Å². The summed E-state index contributed by atoms with van der Waals surface area (Å²) in [4.78, 5) is 10.5. The number of nitrogens with two attached hydrogens (primary N) is 1. The Balaban J connectivity index is 0.00000288. The molecular weight excluding hydrogens is 422 g/mol. The third-order valence-corrected chi connectivity index (χ3v) is 3.33. The fourth-order valence-corrected chi connectivity index (χ4v) is 2.04. The minimum atomic E-state index is -0.347. The van der Waals surface area contributed by atoms with Gasteiger partial charge >= 0.3 is 0 Å². The quantitative estimate of drug-likeness (QED) is 0.419. The van der Waals surface area contributed by atoms with Crippen molar-refractivity contribution in [3.8, 4) is 11.6 Å². The molecule has 0 aliphatic carbocycles. The van der Waals surface area contributed by atoms with Crippen molar-refractivity contribution in [2.75, 3.05) is 13.1 Å². The van der Waals surface area contributed by atoms with Crippen molar-refractivity contribution in [3.05, 3.63) is 54.0 Å². The summed E-state index contributed by atoms with van der Waals surface area (Å²) >= 11 is 0. The molecule has 0 spiro atoms. The van der Waals surface area contributed by atoms with Gasteiger partial charge in [-0.25, -0.2) is 14.4 Å². The molecule has 1 heterocycles. The Morgan fingerprint density at radius 2 is 2.00 bits per heavy atom. The molecular formula is C17H22FIN4O. The van der Waals surface area contributed by atoms with Gasteiger partial charge in [-0.3, -0.25) is 0 Å². The summed E-state index contributed by atoms with van der Waals surface area (Å²) in [5.74, 6) is 0.990. The molecule has 0 unspecified atom stereocenters. The second-order valence-corrected chi connectivity index (χ2v) is 4.91. The highest BCUT2D eigenvalue weighted by atomic mass is 127. The summed E-state index contributed by atoms with van der Waals surface area (Å²) in [6.07, 6.45) is 1.67. The highest BCUT2D eigenvalue weighted by Gasteiger charge is 2.03. The van der Waals surface area contributed by atoms with Crippen LogP contribution in [0.1, 0.15) is 19.4 Å². The standard InChI is InChI=1S/C17H21FN4O.HI/c1-3-22(4-2)17(19)21-12-13-8-9-16(20-11-13)23-15-7-5-6-14(18)10-15;/h5-11H,3-4,12H2,1-2H3,(H2,19,21);1H. The van der Waals surface area contributed by atoms with Crippen molar-refractivity contribution in [2.24, 2.45) is 10.7 Å². The maximum Gasteiger partial charge on any atom is 0.219 e. The van der Waals surface area contributed by atoms with E-state index < -0.39 is 0 Å². The van der Waals surface area contributed by atoms with E-state index in [0.29, 0.717) is 24.1 Å². The first-order valence-corrected chi connectivity index (χ1v) is 7.55. The van der Waals surface area contributed by atoms with Gasteiger partial charge in [0.15, 0.2) is 5.96 Å². The van der Waals surface area contributed by atoms with Gasteiger partial charge in [-0.1, -0.05) is 12.1 Å². The first kappa shape index (κ1) is 20.1. The van der Waals surface area contributed by atoms with Crippen molar-refractivity contribution >= 4 is 29.9 Å². The van der Waals surface area contributed by atoms with E-state index in [-0.39, 0.29) is 29.8 Å². The average molecular weight is 444 g/mol. The van der Waals surface area contributed by atoms with E-state index in [2.05, 4.69) is 9.98 Å². The normalized spacial score (nSPS) is 10.9. The van der Waals surface area contributed by atoms with Crippen LogP contribution in [-0.2, 0) is 6.54 Å². The molecule has 0 aliphatic rings. The molecule has 130 valence electrons. The van der Waals surface area contributed by atoms with Crippen molar-refractivity contribution in [2.45, 2.75) is 20.4 Å².